The summed E-state index contributed by atoms with van der Waals surface area (Å²) >= 11 is 0. The summed E-state index contributed by atoms with van der Waals surface area (Å²) in [5.74, 6) is 0. The Bertz CT molecular complexity index is 788. The van der Waals surface area contributed by atoms with Crippen molar-refractivity contribution in [3.8, 4) is 0 Å². The number of nitrogens with zero attached hydrogens (tertiary/aromatic N) is 3. The monoisotopic (exact) mass is 515 g/mol. The third-order valence-corrected chi connectivity index (χ3v) is 3.08. The van der Waals surface area contributed by atoms with Gasteiger partial charge in [0.2, 0.25) is 0 Å². The van der Waals surface area contributed by atoms with E-state index in [4.69, 9.17) is 0 Å². The van der Waals surface area contributed by atoms with E-state index in [9.17, 15) is 0 Å². The second kappa shape index (κ2) is 6.86. The van der Waals surface area contributed by atoms with Gasteiger partial charge < -0.3 is 11.8 Å². The van der Waals surface area contributed by atoms with Gasteiger partial charge in [-0.25, -0.2) is 0 Å². The van der Waals surface area contributed by atoms with Crippen LogP contribution in [0.15, 0.2) is 48.8 Å². The third kappa shape index (κ3) is 2.46. The number of hydrogen-bond donors (Lipinski definition) is 0. The molecule has 0 atom stereocenters. The zero-order valence-electron chi connectivity index (χ0n) is 10.9. The maximum Gasteiger partial charge on any atom is 0.114 e. The number of aromatic nitrogens is 3. The van der Waals surface area contributed by atoms with Gasteiger partial charge in [0, 0.05) is 58.3 Å². The number of pyridine rings is 1. The van der Waals surface area contributed by atoms with E-state index >= 15 is 0 Å². The molecule has 2 heterocycles. The molecule has 2 aromatic heterocycles. The molecule has 0 spiro atoms. The number of para-hydroxylation sites is 1. The Morgan fingerprint density at radius 1 is 1.00 bits per heavy atom. The van der Waals surface area contributed by atoms with Gasteiger partial charge >= 0.3 is 0 Å². The van der Waals surface area contributed by atoms with Crippen molar-refractivity contribution in [2.45, 2.75) is 0 Å². The SMILES string of the molecule is [CH3-].[Ir].[Y].[c-]1cccc2c1c1nncn1c1ccccc21. The maximum atomic E-state index is 4.18. The molecule has 2 aromatic carbocycles. The molecular formula is C15H11IrN3Y-2. The number of hydrogen-bond acceptors (Lipinski definition) is 2. The molecule has 0 aliphatic rings. The molecular weight excluding hydrogens is 503 g/mol. The average molecular weight is 514 g/mol. The fraction of sp³-hybridized carbons (Fsp3) is 0. The first-order valence-electron chi connectivity index (χ1n) is 5.46. The van der Waals surface area contributed by atoms with Crippen LogP contribution >= 0.6 is 0 Å². The summed E-state index contributed by atoms with van der Waals surface area (Å²) in [7, 11) is 0. The van der Waals surface area contributed by atoms with Gasteiger partial charge in [-0.05, 0) is 11.5 Å². The minimum Gasteiger partial charge on any atom is -0.358 e. The third-order valence-electron chi connectivity index (χ3n) is 3.08. The molecule has 0 N–H and O–H groups in total. The molecule has 5 heteroatoms. The Morgan fingerprint density at radius 2 is 1.75 bits per heavy atom. The minimum atomic E-state index is 0. The van der Waals surface area contributed by atoms with Gasteiger partial charge in [-0.2, -0.15) is 5.10 Å². The first kappa shape index (κ1) is 17.4. The van der Waals surface area contributed by atoms with Gasteiger partial charge in [0.1, 0.15) is 6.33 Å². The van der Waals surface area contributed by atoms with Gasteiger partial charge in [-0.1, -0.05) is 29.0 Å². The molecule has 0 saturated heterocycles. The van der Waals surface area contributed by atoms with Gasteiger partial charge in [0.15, 0.2) is 0 Å². The van der Waals surface area contributed by atoms with E-state index in [-0.39, 0.29) is 60.2 Å². The van der Waals surface area contributed by atoms with Crippen LogP contribution in [-0.2, 0) is 52.8 Å². The summed E-state index contributed by atoms with van der Waals surface area (Å²) in [5, 5.41) is 11.6. The van der Waals surface area contributed by atoms with E-state index in [1.54, 1.807) is 6.33 Å². The number of fused-ring (bicyclic) bond motifs is 6. The van der Waals surface area contributed by atoms with Crippen molar-refractivity contribution >= 4 is 27.3 Å². The predicted molar refractivity (Wildman–Crippen MR) is 73.2 cm³/mol. The molecule has 20 heavy (non-hydrogen) atoms. The molecule has 0 amide bonds. The Morgan fingerprint density at radius 3 is 2.60 bits per heavy atom. The summed E-state index contributed by atoms with van der Waals surface area (Å²) in [6.07, 6.45) is 1.75. The Balaban J connectivity index is 0.000000667. The van der Waals surface area contributed by atoms with E-state index in [1.165, 1.54) is 10.8 Å². The Hall–Kier alpha value is -0.667. The van der Waals surface area contributed by atoms with E-state index < -0.39 is 0 Å². The van der Waals surface area contributed by atoms with Gasteiger partial charge in [-0.15, -0.1) is 29.4 Å². The van der Waals surface area contributed by atoms with Crippen molar-refractivity contribution in [3.63, 3.8) is 0 Å². The number of benzene rings is 2. The zero-order chi connectivity index (χ0) is 11.2. The van der Waals surface area contributed by atoms with Crippen molar-refractivity contribution in [3.05, 3.63) is 62.3 Å². The summed E-state index contributed by atoms with van der Waals surface area (Å²) < 4.78 is 2.01. The largest absolute Gasteiger partial charge is 0.358 e. The van der Waals surface area contributed by atoms with E-state index in [0.29, 0.717) is 0 Å². The van der Waals surface area contributed by atoms with Crippen molar-refractivity contribution in [1.29, 1.82) is 0 Å². The normalized spacial score (nSPS) is 9.80. The number of rotatable bonds is 0. The van der Waals surface area contributed by atoms with Gasteiger partial charge in [0.05, 0.1) is 5.65 Å². The summed E-state index contributed by atoms with van der Waals surface area (Å²) in [6, 6.07) is 17.5. The van der Waals surface area contributed by atoms with Gasteiger partial charge in [-0.3, -0.25) is 0 Å². The maximum absolute atomic E-state index is 4.18. The van der Waals surface area contributed by atoms with Crippen LogP contribution in [0.25, 0.3) is 27.3 Å². The second-order valence-electron chi connectivity index (χ2n) is 4.00. The Labute approximate surface area is 156 Å². The first-order chi connectivity index (χ1) is 8.45. The fourth-order valence-corrected chi connectivity index (χ4v) is 2.34. The van der Waals surface area contributed by atoms with Crippen LogP contribution < -0.4 is 0 Å². The van der Waals surface area contributed by atoms with E-state index in [2.05, 4.69) is 34.5 Å². The van der Waals surface area contributed by atoms with Crippen LogP contribution in [0, 0.1) is 13.5 Å². The van der Waals surface area contributed by atoms with Crippen molar-refractivity contribution < 1.29 is 52.8 Å². The molecule has 0 unspecified atom stereocenters. The van der Waals surface area contributed by atoms with Gasteiger partial charge in [0.25, 0.3) is 0 Å². The quantitative estimate of drug-likeness (QED) is 0.267. The Kier molecular flexibility index (Phi) is 5.96. The summed E-state index contributed by atoms with van der Waals surface area (Å²) in [4.78, 5) is 0. The topological polar surface area (TPSA) is 30.2 Å². The van der Waals surface area contributed by atoms with E-state index in [0.717, 1.165) is 16.6 Å². The molecule has 3 nitrogen and oxygen atoms in total. The van der Waals surface area contributed by atoms with Crippen LogP contribution in [0.1, 0.15) is 0 Å². The molecule has 0 saturated carbocycles. The standard InChI is InChI=1S/C14H8N3.CH3.Ir.Y/c1-2-7-12-10(5-1)11-6-3-4-8-13(11)17-9-15-16-14(12)17;;;/h1-6,8-9H;1H3;;/q2*-1;;. The van der Waals surface area contributed by atoms with E-state index in [1.807, 2.05) is 28.7 Å². The zero-order valence-corrected chi connectivity index (χ0v) is 16.1. The van der Waals surface area contributed by atoms with Crippen molar-refractivity contribution in [1.82, 2.24) is 14.6 Å². The van der Waals surface area contributed by atoms with Crippen molar-refractivity contribution in [2.24, 2.45) is 0 Å². The molecule has 0 aliphatic carbocycles. The van der Waals surface area contributed by atoms with Crippen LogP contribution in [0.4, 0.5) is 0 Å². The molecule has 100 valence electrons. The van der Waals surface area contributed by atoms with Crippen LogP contribution in [0.2, 0.25) is 0 Å². The first-order valence-corrected chi connectivity index (χ1v) is 5.46. The molecule has 0 fully saturated rings. The summed E-state index contributed by atoms with van der Waals surface area (Å²) in [6.45, 7) is 0. The van der Waals surface area contributed by atoms with Crippen LogP contribution in [0.5, 0.6) is 0 Å². The molecule has 4 aromatic rings. The summed E-state index contributed by atoms with van der Waals surface area (Å²) in [5.41, 5.74) is 1.99. The molecule has 0 bridgehead atoms. The van der Waals surface area contributed by atoms with Crippen LogP contribution in [-0.4, -0.2) is 14.6 Å². The second-order valence-corrected chi connectivity index (χ2v) is 4.00. The molecule has 4 rings (SSSR count). The predicted octanol–water partition coefficient (Wildman–Crippen LogP) is 3.28. The molecule has 0 aliphatic heterocycles. The average Bonchev–Trinajstić information content (AvgIpc) is 2.89. The van der Waals surface area contributed by atoms with Crippen molar-refractivity contribution in [2.75, 3.05) is 0 Å². The smallest absolute Gasteiger partial charge is 0.114 e. The van der Waals surface area contributed by atoms with Crippen LogP contribution in [0.3, 0.4) is 0 Å². The molecule has 2 radical (unpaired) electrons. The fourth-order valence-electron chi connectivity index (χ4n) is 2.34. The minimum absolute atomic E-state index is 0.